The Bertz CT molecular complexity index is 402. The van der Waals surface area contributed by atoms with Crippen LogP contribution < -0.4 is 5.32 Å². The molecule has 2 atom stereocenters. The minimum absolute atomic E-state index is 0.538. The van der Waals surface area contributed by atoms with Gasteiger partial charge in [0, 0.05) is 11.3 Å². The van der Waals surface area contributed by atoms with Crippen molar-refractivity contribution in [2.24, 2.45) is 5.92 Å². The second-order valence-corrected chi connectivity index (χ2v) is 7.57. The largest absolute Gasteiger partial charge is 0.309 e. The fourth-order valence-corrected chi connectivity index (χ4v) is 4.70. The number of nitrogens with one attached hydrogen (secondary N) is 1. The van der Waals surface area contributed by atoms with Gasteiger partial charge in [-0.15, -0.1) is 0 Å². The Balaban J connectivity index is 2.10. The fraction of sp³-hybridized carbons (Fsp3) is 0.667. The lowest BCUT2D eigenvalue weighted by atomic mass is 9.99. The first kappa shape index (κ1) is 15.9. The highest BCUT2D eigenvalue weighted by Gasteiger charge is 2.27. The maximum absolute atomic E-state index is 3.75. The van der Waals surface area contributed by atoms with Crippen molar-refractivity contribution >= 4 is 11.8 Å². The summed E-state index contributed by atoms with van der Waals surface area (Å²) in [6, 6.07) is 9.58. The molecule has 2 unspecified atom stereocenters. The van der Waals surface area contributed by atoms with E-state index in [0.717, 1.165) is 17.7 Å². The molecule has 20 heavy (non-hydrogen) atoms. The van der Waals surface area contributed by atoms with E-state index in [-0.39, 0.29) is 0 Å². The van der Waals surface area contributed by atoms with Gasteiger partial charge in [0.1, 0.15) is 0 Å². The molecule has 1 aliphatic carbocycles. The zero-order chi connectivity index (χ0) is 14.4. The highest BCUT2D eigenvalue weighted by Crippen LogP contribution is 2.36. The molecule has 0 amide bonds. The van der Waals surface area contributed by atoms with E-state index in [1.807, 2.05) is 0 Å². The van der Waals surface area contributed by atoms with Crippen LogP contribution in [0.25, 0.3) is 0 Å². The summed E-state index contributed by atoms with van der Waals surface area (Å²) < 4.78 is 0. The van der Waals surface area contributed by atoms with Crippen LogP contribution in [-0.4, -0.2) is 17.5 Å². The van der Waals surface area contributed by atoms with Gasteiger partial charge < -0.3 is 5.32 Å². The summed E-state index contributed by atoms with van der Waals surface area (Å²) in [6.07, 6.45) is 5.26. The number of fused-ring (bicyclic) bond motifs is 1. The zero-order valence-corrected chi connectivity index (χ0v) is 14.0. The fourth-order valence-electron chi connectivity index (χ4n) is 3.02. The van der Waals surface area contributed by atoms with Crippen LogP contribution in [0.5, 0.6) is 0 Å². The van der Waals surface area contributed by atoms with E-state index < -0.39 is 0 Å². The Hall–Kier alpha value is -0.470. The van der Waals surface area contributed by atoms with Crippen molar-refractivity contribution in [1.82, 2.24) is 5.32 Å². The molecule has 0 saturated heterocycles. The first-order valence-corrected chi connectivity index (χ1v) is 9.20. The van der Waals surface area contributed by atoms with Gasteiger partial charge in [0.2, 0.25) is 0 Å². The first-order valence-electron chi connectivity index (χ1n) is 8.15. The lowest BCUT2D eigenvalue weighted by molar-refractivity contribution is 0.515. The van der Waals surface area contributed by atoms with Crippen LogP contribution in [0.15, 0.2) is 24.3 Å². The van der Waals surface area contributed by atoms with Gasteiger partial charge in [0.15, 0.2) is 0 Å². The summed E-state index contributed by atoms with van der Waals surface area (Å²) in [5.41, 5.74) is 3.11. The topological polar surface area (TPSA) is 12.0 Å². The van der Waals surface area contributed by atoms with Gasteiger partial charge in [-0.1, -0.05) is 45.0 Å². The number of hydrogen-bond donors (Lipinski definition) is 1. The molecule has 0 aromatic heterocycles. The molecule has 112 valence electrons. The third-order valence-electron chi connectivity index (χ3n) is 4.15. The molecule has 2 heteroatoms. The van der Waals surface area contributed by atoms with Crippen molar-refractivity contribution in [1.29, 1.82) is 0 Å². The number of aryl methyl sites for hydroxylation is 1. The van der Waals surface area contributed by atoms with Gasteiger partial charge in [0.25, 0.3) is 0 Å². The van der Waals surface area contributed by atoms with E-state index >= 15 is 0 Å². The van der Waals surface area contributed by atoms with E-state index in [4.69, 9.17) is 0 Å². The second kappa shape index (κ2) is 8.09. The van der Waals surface area contributed by atoms with E-state index in [1.54, 1.807) is 11.1 Å². The van der Waals surface area contributed by atoms with E-state index in [1.165, 1.54) is 31.4 Å². The molecule has 1 aliphatic rings. The molecular formula is C18H29NS. The summed E-state index contributed by atoms with van der Waals surface area (Å²) >= 11 is 2.19. The molecule has 0 fully saturated rings. The predicted octanol–water partition coefficient (Wildman–Crippen LogP) is 4.82. The van der Waals surface area contributed by atoms with Crippen LogP contribution in [0.1, 0.15) is 57.2 Å². The predicted molar refractivity (Wildman–Crippen MR) is 91.5 cm³/mol. The molecule has 0 radical (unpaired) electrons. The molecule has 1 nitrogen and oxygen atoms in total. The van der Waals surface area contributed by atoms with Gasteiger partial charge in [0.05, 0.1) is 0 Å². The summed E-state index contributed by atoms with van der Waals surface area (Å²) in [6.45, 7) is 7.93. The highest BCUT2D eigenvalue weighted by molar-refractivity contribution is 7.99. The second-order valence-electron chi connectivity index (χ2n) is 6.22. The van der Waals surface area contributed by atoms with Crippen molar-refractivity contribution in [2.45, 2.75) is 57.7 Å². The van der Waals surface area contributed by atoms with Gasteiger partial charge in [-0.2, -0.15) is 11.8 Å². The Morgan fingerprint density at radius 2 is 2.10 bits per heavy atom. The Morgan fingerprint density at radius 3 is 2.85 bits per heavy atom. The van der Waals surface area contributed by atoms with Crippen LogP contribution in [-0.2, 0) is 6.42 Å². The maximum atomic E-state index is 3.75. The van der Waals surface area contributed by atoms with Gasteiger partial charge in [-0.05, 0) is 55.0 Å². The summed E-state index contributed by atoms with van der Waals surface area (Å²) in [7, 11) is 0. The van der Waals surface area contributed by atoms with Gasteiger partial charge >= 0.3 is 0 Å². The standard InChI is InChI=1S/C18H29NS/c1-4-19-18-16-10-6-5-8-15(16)9-7-11-17(18)20-13-12-14(2)3/h5-6,8,10,14,17-19H,4,7,9,11-13H2,1-3H3. The average molecular weight is 292 g/mol. The van der Waals surface area contributed by atoms with Crippen molar-refractivity contribution in [3.63, 3.8) is 0 Å². The minimum Gasteiger partial charge on any atom is -0.309 e. The van der Waals surface area contributed by atoms with Crippen molar-refractivity contribution in [3.05, 3.63) is 35.4 Å². The first-order chi connectivity index (χ1) is 9.72. The number of hydrogen-bond acceptors (Lipinski definition) is 2. The normalized spacial score (nSPS) is 22.6. The molecular weight excluding hydrogens is 262 g/mol. The van der Waals surface area contributed by atoms with Crippen LogP contribution >= 0.6 is 11.8 Å². The van der Waals surface area contributed by atoms with E-state index in [9.17, 15) is 0 Å². The molecule has 1 aromatic carbocycles. The molecule has 0 bridgehead atoms. The smallest absolute Gasteiger partial charge is 0.0443 e. The Kier molecular flexibility index (Phi) is 6.44. The van der Waals surface area contributed by atoms with Crippen molar-refractivity contribution in [3.8, 4) is 0 Å². The lowest BCUT2D eigenvalue weighted by Crippen LogP contribution is -2.30. The Labute approximate surface area is 128 Å². The van der Waals surface area contributed by atoms with Crippen LogP contribution in [0.2, 0.25) is 0 Å². The molecule has 0 spiro atoms. The lowest BCUT2D eigenvalue weighted by Gasteiger charge is -2.27. The van der Waals surface area contributed by atoms with Crippen molar-refractivity contribution < 1.29 is 0 Å². The third-order valence-corrected chi connectivity index (χ3v) is 5.56. The molecule has 1 aromatic rings. The monoisotopic (exact) mass is 291 g/mol. The van der Waals surface area contributed by atoms with E-state index in [2.05, 4.69) is 62.1 Å². The van der Waals surface area contributed by atoms with Gasteiger partial charge in [-0.3, -0.25) is 0 Å². The van der Waals surface area contributed by atoms with Crippen LogP contribution in [0.4, 0.5) is 0 Å². The summed E-state index contributed by atoms with van der Waals surface area (Å²) in [5, 5.41) is 4.48. The summed E-state index contributed by atoms with van der Waals surface area (Å²) in [4.78, 5) is 0. The van der Waals surface area contributed by atoms with Gasteiger partial charge in [-0.25, -0.2) is 0 Å². The maximum Gasteiger partial charge on any atom is 0.0443 e. The minimum atomic E-state index is 0.538. The van der Waals surface area contributed by atoms with Crippen LogP contribution in [0, 0.1) is 5.92 Å². The summed E-state index contributed by atoms with van der Waals surface area (Å²) in [5.74, 6) is 2.12. The number of rotatable bonds is 6. The zero-order valence-electron chi connectivity index (χ0n) is 13.2. The molecule has 0 heterocycles. The molecule has 2 rings (SSSR count). The SMILES string of the molecule is CCNC1c2ccccc2CCCC1SCCC(C)C. The molecule has 0 aliphatic heterocycles. The Morgan fingerprint density at radius 1 is 1.30 bits per heavy atom. The average Bonchev–Trinajstić information content (AvgIpc) is 2.60. The quantitative estimate of drug-likeness (QED) is 0.754. The van der Waals surface area contributed by atoms with E-state index in [0.29, 0.717) is 6.04 Å². The highest BCUT2D eigenvalue weighted by atomic mass is 32.2. The third kappa shape index (κ3) is 4.26. The molecule has 1 N–H and O–H groups in total. The number of benzene rings is 1. The van der Waals surface area contributed by atoms with Crippen molar-refractivity contribution in [2.75, 3.05) is 12.3 Å². The number of thioether (sulfide) groups is 1. The van der Waals surface area contributed by atoms with Crippen LogP contribution in [0.3, 0.4) is 0 Å². The molecule has 0 saturated carbocycles.